The van der Waals surface area contributed by atoms with Crippen LogP contribution in [0.2, 0.25) is 0 Å². The fourth-order valence-electron chi connectivity index (χ4n) is 2.90. The number of hydrogen-bond acceptors (Lipinski definition) is 4. The SMILES string of the molecule is Cc1cc(N2CCCCC2)nc(CNC(=O)Nc2cc(F)ccc2F)n1. The van der Waals surface area contributed by atoms with Crippen molar-refractivity contribution in [3.8, 4) is 0 Å². The minimum atomic E-state index is -0.708. The van der Waals surface area contributed by atoms with E-state index in [9.17, 15) is 13.6 Å². The summed E-state index contributed by atoms with van der Waals surface area (Å²) in [5.74, 6) is -0.0124. The number of aryl methyl sites for hydroxylation is 1. The molecular formula is C18H21F2N5O. The van der Waals surface area contributed by atoms with Gasteiger partial charge in [0, 0.05) is 30.9 Å². The number of carbonyl (C=O) groups excluding carboxylic acids is 1. The predicted molar refractivity (Wildman–Crippen MR) is 95.0 cm³/mol. The molecule has 2 aromatic rings. The monoisotopic (exact) mass is 361 g/mol. The van der Waals surface area contributed by atoms with Crippen molar-refractivity contribution in [2.45, 2.75) is 32.7 Å². The molecule has 0 bridgehead atoms. The normalized spacial score (nSPS) is 14.2. The van der Waals surface area contributed by atoms with E-state index in [1.165, 1.54) is 6.42 Å². The lowest BCUT2D eigenvalue weighted by atomic mass is 10.1. The van der Waals surface area contributed by atoms with Crippen LogP contribution < -0.4 is 15.5 Å². The lowest BCUT2D eigenvalue weighted by Gasteiger charge is -2.28. The highest BCUT2D eigenvalue weighted by atomic mass is 19.1. The molecular weight excluding hydrogens is 340 g/mol. The quantitative estimate of drug-likeness (QED) is 0.876. The fourth-order valence-corrected chi connectivity index (χ4v) is 2.90. The van der Waals surface area contributed by atoms with Crippen LogP contribution in [0.25, 0.3) is 0 Å². The number of aromatic nitrogens is 2. The van der Waals surface area contributed by atoms with Gasteiger partial charge < -0.3 is 15.5 Å². The van der Waals surface area contributed by atoms with Gasteiger partial charge in [0.1, 0.15) is 23.3 Å². The maximum atomic E-state index is 13.6. The molecule has 1 aromatic carbocycles. The van der Waals surface area contributed by atoms with Gasteiger partial charge in [0.05, 0.1) is 12.2 Å². The number of nitrogens with zero attached hydrogens (tertiary/aromatic N) is 3. The average molecular weight is 361 g/mol. The van der Waals surface area contributed by atoms with Gasteiger partial charge in [-0.3, -0.25) is 0 Å². The van der Waals surface area contributed by atoms with Crippen LogP contribution >= 0.6 is 0 Å². The molecule has 2 heterocycles. The lowest BCUT2D eigenvalue weighted by molar-refractivity contribution is 0.251. The molecule has 2 N–H and O–H groups in total. The van der Waals surface area contributed by atoms with E-state index in [2.05, 4.69) is 25.5 Å². The van der Waals surface area contributed by atoms with Gasteiger partial charge in [-0.1, -0.05) is 0 Å². The average Bonchev–Trinajstić information content (AvgIpc) is 2.63. The van der Waals surface area contributed by atoms with Crippen LogP contribution in [0.5, 0.6) is 0 Å². The number of amides is 2. The number of carbonyl (C=O) groups is 1. The fraction of sp³-hybridized carbons (Fsp3) is 0.389. The number of urea groups is 1. The summed E-state index contributed by atoms with van der Waals surface area (Å²) in [6.45, 7) is 3.89. The minimum Gasteiger partial charge on any atom is -0.357 e. The largest absolute Gasteiger partial charge is 0.357 e. The number of halogens is 2. The van der Waals surface area contributed by atoms with Crippen molar-refractivity contribution in [3.05, 3.63) is 47.4 Å². The predicted octanol–water partition coefficient (Wildman–Crippen LogP) is 3.38. The van der Waals surface area contributed by atoms with E-state index in [-0.39, 0.29) is 12.2 Å². The molecule has 0 atom stereocenters. The Labute approximate surface area is 150 Å². The molecule has 0 radical (unpaired) electrons. The third-order valence-corrected chi connectivity index (χ3v) is 4.15. The van der Waals surface area contributed by atoms with Crippen LogP contribution in [0.1, 0.15) is 30.8 Å². The van der Waals surface area contributed by atoms with Gasteiger partial charge in [0.25, 0.3) is 0 Å². The van der Waals surface area contributed by atoms with Crippen molar-refractivity contribution < 1.29 is 13.6 Å². The van der Waals surface area contributed by atoms with Gasteiger partial charge >= 0.3 is 6.03 Å². The molecule has 0 saturated carbocycles. The summed E-state index contributed by atoms with van der Waals surface area (Å²) in [4.78, 5) is 23.0. The summed E-state index contributed by atoms with van der Waals surface area (Å²) in [6, 6.07) is 4.14. The molecule has 2 amide bonds. The standard InChI is InChI=1S/C18H21F2N5O/c1-12-9-17(25-7-3-2-4-8-25)24-16(22-12)11-21-18(26)23-15-10-13(19)5-6-14(15)20/h5-6,9-10H,2-4,7-8,11H2,1H3,(H2,21,23,26). The van der Waals surface area contributed by atoms with Crippen molar-refractivity contribution in [2.75, 3.05) is 23.3 Å². The molecule has 138 valence electrons. The molecule has 1 aliphatic heterocycles. The highest BCUT2D eigenvalue weighted by Crippen LogP contribution is 2.18. The third kappa shape index (κ3) is 4.65. The van der Waals surface area contributed by atoms with Crippen molar-refractivity contribution in [1.82, 2.24) is 15.3 Å². The molecule has 1 saturated heterocycles. The number of rotatable bonds is 4. The Morgan fingerprint density at radius 3 is 2.69 bits per heavy atom. The van der Waals surface area contributed by atoms with Crippen molar-refractivity contribution in [2.24, 2.45) is 0 Å². The first-order chi connectivity index (χ1) is 12.5. The summed E-state index contributed by atoms with van der Waals surface area (Å²) in [5, 5.41) is 4.85. The Hall–Kier alpha value is -2.77. The van der Waals surface area contributed by atoms with Crippen LogP contribution in [0.15, 0.2) is 24.3 Å². The topological polar surface area (TPSA) is 70.2 Å². The van der Waals surface area contributed by atoms with Crippen LogP contribution in [0.4, 0.5) is 25.1 Å². The Kier molecular flexibility index (Phi) is 5.60. The van der Waals surface area contributed by atoms with Gasteiger partial charge in [0.15, 0.2) is 0 Å². The zero-order chi connectivity index (χ0) is 18.5. The van der Waals surface area contributed by atoms with E-state index in [1.807, 2.05) is 13.0 Å². The van der Waals surface area contributed by atoms with E-state index in [0.717, 1.165) is 55.6 Å². The first kappa shape index (κ1) is 18.0. The molecule has 3 rings (SSSR count). The van der Waals surface area contributed by atoms with Crippen LogP contribution in [0, 0.1) is 18.6 Å². The number of hydrogen-bond donors (Lipinski definition) is 2. The second-order valence-corrected chi connectivity index (χ2v) is 6.26. The molecule has 0 unspecified atom stereocenters. The van der Waals surface area contributed by atoms with Crippen molar-refractivity contribution >= 4 is 17.5 Å². The van der Waals surface area contributed by atoms with Gasteiger partial charge in [-0.15, -0.1) is 0 Å². The molecule has 0 aliphatic carbocycles. The molecule has 1 fully saturated rings. The summed E-state index contributed by atoms with van der Waals surface area (Å²) < 4.78 is 26.7. The maximum absolute atomic E-state index is 13.6. The molecule has 0 spiro atoms. The molecule has 6 nitrogen and oxygen atoms in total. The van der Waals surface area contributed by atoms with Gasteiger partial charge in [0.2, 0.25) is 0 Å². The third-order valence-electron chi connectivity index (χ3n) is 4.15. The number of nitrogens with one attached hydrogen (secondary N) is 2. The van der Waals surface area contributed by atoms with E-state index in [0.29, 0.717) is 5.82 Å². The zero-order valence-corrected chi connectivity index (χ0v) is 14.6. The molecule has 1 aliphatic rings. The van der Waals surface area contributed by atoms with Crippen molar-refractivity contribution in [3.63, 3.8) is 0 Å². The highest BCUT2D eigenvalue weighted by molar-refractivity contribution is 5.89. The van der Waals surface area contributed by atoms with E-state index >= 15 is 0 Å². The minimum absolute atomic E-state index is 0.0886. The van der Waals surface area contributed by atoms with Gasteiger partial charge in [-0.25, -0.2) is 23.5 Å². The number of benzene rings is 1. The Morgan fingerprint density at radius 2 is 1.92 bits per heavy atom. The van der Waals surface area contributed by atoms with Crippen LogP contribution in [0.3, 0.4) is 0 Å². The summed E-state index contributed by atoms with van der Waals surface area (Å²) in [6.07, 6.45) is 3.50. The Bertz CT molecular complexity index is 793. The Balaban J connectivity index is 1.62. The Morgan fingerprint density at radius 1 is 1.15 bits per heavy atom. The first-order valence-electron chi connectivity index (χ1n) is 8.61. The summed E-state index contributed by atoms with van der Waals surface area (Å²) in [7, 11) is 0. The first-order valence-corrected chi connectivity index (χ1v) is 8.61. The molecule has 26 heavy (non-hydrogen) atoms. The summed E-state index contributed by atoms with van der Waals surface area (Å²) >= 11 is 0. The van der Waals surface area contributed by atoms with Crippen LogP contribution in [-0.2, 0) is 6.54 Å². The second kappa shape index (κ2) is 8.07. The number of piperidine rings is 1. The highest BCUT2D eigenvalue weighted by Gasteiger charge is 2.14. The van der Waals surface area contributed by atoms with Crippen molar-refractivity contribution in [1.29, 1.82) is 0 Å². The maximum Gasteiger partial charge on any atom is 0.319 e. The molecule has 1 aromatic heterocycles. The van der Waals surface area contributed by atoms with E-state index < -0.39 is 17.7 Å². The van der Waals surface area contributed by atoms with Gasteiger partial charge in [-0.05, 0) is 38.3 Å². The zero-order valence-electron chi connectivity index (χ0n) is 14.6. The molecule has 8 heteroatoms. The summed E-state index contributed by atoms with van der Waals surface area (Å²) in [5.41, 5.74) is 0.593. The number of anilines is 2. The van der Waals surface area contributed by atoms with E-state index in [4.69, 9.17) is 0 Å². The lowest BCUT2D eigenvalue weighted by Crippen LogP contribution is -2.32. The van der Waals surface area contributed by atoms with E-state index in [1.54, 1.807) is 0 Å². The second-order valence-electron chi connectivity index (χ2n) is 6.26. The van der Waals surface area contributed by atoms with Crippen LogP contribution in [-0.4, -0.2) is 29.1 Å². The van der Waals surface area contributed by atoms with Gasteiger partial charge in [-0.2, -0.15) is 0 Å². The smallest absolute Gasteiger partial charge is 0.319 e.